The molecule has 2 aromatic rings. The molecule has 0 saturated carbocycles. The average Bonchev–Trinajstić information content (AvgIpc) is 3.02. The molecule has 0 aliphatic carbocycles. The third-order valence-corrected chi connectivity index (χ3v) is 4.03. The van der Waals surface area contributed by atoms with Gasteiger partial charge in [0.05, 0.1) is 12.7 Å². The van der Waals surface area contributed by atoms with E-state index in [0.29, 0.717) is 26.1 Å². The molecule has 1 unspecified atom stereocenters. The lowest BCUT2D eigenvalue weighted by Gasteiger charge is -2.31. The molecule has 4 heteroatoms. The smallest absolute Gasteiger partial charge is 0.223 e. The van der Waals surface area contributed by atoms with Gasteiger partial charge in [0.1, 0.15) is 0 Å². The van der Waals surface area contributed by atoms with E-state index in [-0.39, 0.29) is 12.0 Å². The number of nitrogens with one attached hydrogen (secondary N) is 1. The largest absolute Gasteiger partial charge is 0.375 e. The van der Waals surface area contributed by atoms with Crippen molar-refractivity contribution in [3.8, 4) is 11.3 Å². The summed E-state index contributed by atoms with van der Waals surface area (Å²) < 4.78 is 5.47. The first-order valence-corrected chi connectivity index (χ1v) is 7.85. The number of nitrogens with zero attached hydrogens (tertiary/aromatic N) is 1. The second kappa shape index (κ2) is 6.79. The molecule has 3 rings (SSSR count). The number of benzene rings is 1. The Bertz CT molecular complexity index is 621. The quantitative estimate of drug-likeness (QED) is 0.943. The summed E-state index contributed by atoms with van der Waals surface area (Å²) in [6.45, 7) is 4.08. The van der Waals surface area contributed by atoms with Crippen LogP contribution in [0.1, 0.15) is 19.0 Å². The maximum Gasteiger partial charge on any atom is 0.223 e. The molecule has 1 atom stereocenters. The number of ether oxygens (including phenoxy) is 1. The molecule has 1 aliphatic rings. The van der Waals surface area contributed by atoms with Gasteiger partial charge in [-0.1, -0.05) is 30.3 Å². The normalized spacial score (nSPS) is 18.4. The van der Waals surface area contributed by atoms with E-state index in [1.807, 2.05) is 30.0 Å². The Morgan fingerprint density at radius 2 is 2.09 bits per heavy atom. The summed E-state index contributed by atoms with van der Waals surface area (Å²) in [4.78, 5) is 17.6. The summed E-state index contributed by atoms with van der Waals surface area (Å²) in [5.41, 5.74) is 3.37. The molecule has 0 radical (unpaired) electrons. The molecule has 1 amide bonds. The van der Waals surface area contributed by atoms with Crippen molar-refractivity contribution < 1.29 is 9.53 Å². The third kappa shape index (κ3) is 3.57. The maximum atomic E-state index is 12.3. The number of carbonyl (C=O) groups is 1. The number of aryl methyl sites for hydroxylation is 1. The molecule has 1 aliphatic heterocycles. The Hall–Kier alpha value is -2.07. The van der Waals surface area contributed by atoms with Crippen molar-refractivity contribution in [1.82, 2.24) is 9.88 Å². The van der Waals surface area contributed by atoms with Crippen LogP contribution in [-0.4, -0.2) is 41.6 Å². The Morgan fingerprint density at radius 1 is 1.27 bits per heavy atom. The highest BCUT2D eigenvalue weighted by Crippen LogP contribution is 2.18. The minimum absolute atomic E-state index is 0.146. The predicted octanol–water partition coefficient (Wildman–Crippen LogP) is 2.86. The predicted molar refractivity (Wildman–Crippen MR) is 86.5 cm³/mol. The molecular formula is C18H22N2O2. The number of hydrogen-bond donors (Lipinski definition) is 1. The number of amides is 1. The second-order valence-corrected chi connectivity index (χ2v) is 5.78. The molecule has 1 N–H and O–H groups in total. The standard InChI is InChI=1S/C18H22N2O2/c1-14-13-20(11-12-22-14)18(21)10-8-16-7-9-17(19-16)15-5-3-2-4-6-15/h2-7,9,14,19H,8,10-13H2,1H3. The SMILES string of the molecule is CC1CN(C(=O)CCc2ccc(-c3ccccc3)[nH]2)CCO1. The molecule has 0 spiro atoms. The van der Waals surface area contributed by atoms with E-state index < -0.39 is 0 Å². The maximum absolute atomic E-state index is 12.3. The van der Waals surface area contributed by atoms with E-state index >= 15 is 0 Å². The molecular weight excluding hydrogens is 276 g/mol. The molecule has 1 aromatic heterocycles. The van der Waals surface area contributed by atoms with Crippen LogP contribution in [0.25, 0.3) is 11.3 Å². The van der Waals surface area contributed by atoms with Gasteiger partial charge < -0.3 is 14.6 Å². The van der Waals surface area contributed by atoms with E-state index in [0.717, 1.165) is 17.8 Å². The van der Waals surface area contributed by atoms with Crippen LogP contribution in [0.3, 0.4) is 0 Å². The van der Waals surface area contributed by atoms with Crippen molar-refractivity contribution in [2.24, 2.45) is 0 Å². The Kier molecular flexibility index (Phi) is 4.59. The van der Waals surface area contributed by atoms with Crippen molar-refractivity contribution in [3.63, 3.8) is 0 Å². The zero-order chi connectivity index (χ0) is 15.4. The average molecular weight is 298 g/mol. The van der Waals surface area contributed by atoms with Crippen LogP contribution >= 0.6 is 0 Å². The molecule has 22 heavy (non-hydrogen) atoms. The van der Waals surface area contributed by atoms with E-state index in [1.54, 1.807) is 0 Å². The highest BCUT2D eigenvalue weighted by Gasteiger charge is 2.21. The van der Waals surface area contributed by atoms with Crippen molar-refractivity contribution in [1.29, 1.82) is 0 Å². The Balaban J connectivity index is 1.56. The Labute approximate surface area is 131 Å². The molecule has 1 fully saturated rings. The monoisotopic (exact) mass is 298 g/mol. The molecule has 1 saturated heterocycles. The molecule has 0 bridgehead atoms. The van der Waals surface area contributed by atoms with Gasteiger partial charge in [-0.15, -0.1) is 0 Å². The van der Waals surface area contributed by atoms with Gasteiger partial charge in [0.25, 0.3) is 0 Å². The van der Waals surface area contributed by atoms with E-state index in [2.05, 4.69) is 29.2 Å². The fourth-order valence-corrected chi connectivity index (χ4v) is 2.82. The lowest BCUT2D eigenvalue weighted by Crippen LogP contribution is -2.44. The summed E-state index contributed by atoms with van der Waals surface area (Å²) >= 11 is 0. The van der Waals surface area contributed by atoms with Crippen molar-refractivity contribution in [2.45, 2.75) is 25.9 Å². The van der Waals surface area contributed by atoms with E-state index in [1.165, 1.54) is 5.56 Å². The number of rotatable bonds is 4. The number of morpholine rings is 1. The number of carbonyl (C=O) groups excluding carboxylic acids is 1. The van der Waals surface area contributed by atoms with Gasteiger partial charge in [0.2, 0.25) is 5.91 Å². The number of aromatic nitrogens is 1. The van der Waals surface area contributed by atoms with Crippen LogP contribution in [0.5, 0.6) is 0 Å². The van der Waals surface area contributed by atoms with Crippen LogP contribution in [-0.2, 0) is 16.0 Å². The zero-order valence-corrected chi connectivity index (χ0v) is 12.9. The van der Waals surface area contributed by atoms with Gasteiger partial charge in [0.15, 0.2) is 0 Å². The minimum atomic E-state index is 0.146. The first-order valence-electron chi connectivity index (χ1n) is 7.85. The van der Waals surface area contributed by atoms with Gasteiger partial charge in [-0.2, -0.15) is 0 Å². The first-order chi connectivity index (χ1) is 10.7. The van der Waals surface area contributed by atoms with Crippen LogP contribution in [0.2, 0.25) is 0 Å². The summed E-state index contributed by atoms with van der Waals surface area (Å²) in [6, 6.07) is 14.4. The number of hydrogen-bond acceptors (Lipinski definition) is 2. The van der Waals surface area contributed by atoms with E-state index in [4.69, 9.17) is 4.74 Å². The lowest BCUT2D eigenvalue weighted by atomic mass is 10.2. The number of aromatic amines is 1. The lowest BCUT2D eigenvalue weighted by molar-refractivity contribution is -0.138. The van der Waals surface area contributed by atoms with Gasteiger partial charge in [-0.25, -0.2) is 0 Å². The van der Waals surface area contributed by atoms with E-state index in [9.17, 15) is 4.79 Å². The first kappa shape index (κ1) is 14.9. The summed E-state index contributed by atoms with van der Waals surface area (Å²) in [7, 11) is 0. The van der Waals surface area contributed by atoms with Gasteiger partial charge in [-0.05, 0) is 31.0 Å². The van der Waals surface area contributed by atoms with Crippen molar-refractivity contribution >= 4 is 5.91 Å². The fraction of sp³-hybridized carbons (Fsp3) is 0.389. The van der Waals surface area contributed by atoms with Gasteiger partial charge in [-0.3, -0.25) is 4.79 Å². The minimum Gasteiger partial charge on any atom is -0.375 e. The van der Waals surface area contributed by atoms with Crippen LogP contribution in [0.4, 0.5) is 0 Å². The molecule has 116 valence electrons. The molecule has 4 nitrogen and oxygen atoms in total. The Morgan fingerprint density at radius 3 is 2.86 bits per heavy atom. The summed E-state index contributed by atoms with van der Waals surface area (Å²) in [5.74, 6) is 0.214. The topological polar surface area (TPSA) is 45.3 Å². The fourth-order valence-electron chi connectivity index (χ4n) is 2.82. The van der Waals surface area contributed by atoms with Gasteiger partial charge in [0, 0.05) is 30.9 Å². The van der Waals surface area contributed by atoms with Gasteiger partial charge >= 0.3 is 0 Å². The highest BCUT2D eigenvalue weighted by atomic mass is 16.5. The summed E-state index contributed by atoms with van der Waals surface area (Å²) in [6.07, 6.45) is 1.44. The second-order valence-electron chi connectivity index (χ2n) is 5.78. The summed E-state index contributed by atoms with van der Waals surface area (Å²) in [5, 5.41) is 0. The van der Waals surface area contributed by atoms with Crippen LogP contribution in [0, 0.1) is 0 Å². The third-order valence-electron chi connectivity index (χ3n) is 4.03. The van der Waals surface area contributed by atoms with Crippen molar-refractivity contribution in [3.05, 3.63) is 48.2 Å². The van der Waals surface area contributed by atoms with Crippen LogP contribution < -0.4 is 0 Å². The van der Waals surface area contributed by atoms with Crippen molar-refractivity contribution in [2.75, 3.05) is 19.7 Å². The highest BCUT2D eigenvalue weighted by molar-refractivity contribution is 5.76. The number of H-pyrrole nitrogens is 1. The molecule has 1 aromatic carbocycles. The molecule has 2 heterocycles. The zero-order valence-electron chi connectivity index (χ0n) is 12.9. The van der Waals surface area contributed by atoms with Crippen LogP contribution in [0.15, 0.2) is 42.5 Å².